The summed E-state index contributed by atoms with van der Waals surface area (Å²) in [6.45, 7) is 3.83. The lowest BCUT2D eigenvalue weighted by molar-refractivity contribution is -0.122. The Morgan fingerprint density at radius 1 is 1.29 bits per heavy atom. The molecular formula is C20H20FN5O2. The van der Waals surface area contributed by atoms with E-state index in [2.05, 4.69) is 21.2 Å². The molecule has 0 aliphatic carbocycles. The SMILES string of the molecule is C[C@H]1C(=O)NN=C2COc3cc(-c4cccc(F)c4)c(NC4CNC4)cc3N21. The quantitative estimate of drug-likeness (QED) is 0.757. The lowest BCUT2D eigenvalue weighted by Gasteiger charge is -2.39. The second-order valence-corrected chi connectivity index (χ2v) is 7.21. The van der Waals surface area contributed by atoms with E-state index in [0.29, 0.717) is 17.6 Å². The van der Waals surface area contributed by atoms with Crippen molar-refractivity contribution in [3.63, 3.8) is 0 Å². The van der Waals surface area contributed by atoms with Gasteiger partial charge in [-0.1, -0.05) is 12.1 Å². The summed E-state index contributed by atoms with van der Waals surface area (Å²) >= 11 is 0. The summed E-state index contributed by atoms with van der Waals surface area (Å²) in [4.78, 5) is 14.0. The van der Waals surface area contributed by atoms with Crippen LogP contribution in [0.25, 0.3) is 11.1 Å². The molecule has 0 unspecified atom stereocenters. The molecule has 1 atom stereocenters. The van der Waals surface area contributed by atoms with Gasteiger partial charge in [-0.15, -0.1) is 0 Å². The molecule has 0 aromatic heterocycles. The molecule has 2 aromatic rings. The molecule has 5 rings (SSSR count). The van der Waals surface area contributed by atoms with Crippen molar-refractivity contribution < 1.29 is 13.9 Å². The predicted octanol–water partition coefficient (Wildman–Crippen LogP) is 1.91. The van der Waals surface area contributed by atoms with Gasteiger partial charge in [0.05, 0.1) is 11.7 Å². The minimum atomic E-state index is -0.395. The number of benzene rings is 2. The van der Waals surface area contributed by atoms with Gasteiger partial charge in [0, 0.05) is 24.3 Å². The number of carbonyl (C=O) groups excluding carboxylic acids is 1. The molecule has 1 saturated heterocycles. The van der Waals surface area contributed by atoms with Crippen LogP contribution in [0.2, 0.25) is 0 Å². The molecule has 7 nitrogen and oxygen atoms in total. The summed E-state index contributed by atoms with van der Waals surface area (Å²) in [5.41, 5.74) is 5.82. The lowest BCUT2D eigenvalue weighted by Crippen LogP contribution is -2.55. The number of carbonyl (C=O) groups is 1. The molecule has 3 aliphatic rings. The average Bonchev–Trinajstić information content (AvgIpc) is 2.66. The fraction of sp³-hybridized carbons (Fsp3) is 0.300. The van der Waals surface area contributed by atoms with E-state index < -0.39 is 6.04 Å². The number of amidine groups is 1. The first kappa shape index (κ1) is 17.0. The minimum absolute atomic E-state index is 0.163. The molecule has 0 bridgehead atoms. The lowest BCUT2D eigenvalue weighted by atomic mass is 9.99. The predicted molar refractivity (Wildman–Crippen MR) is 105 cm³/mol. The Morgan fingerprint density at radius 3 is 2.89 bits per heavy atom. The molecule has 3 heterocycles. The van der Waals surface area contributed by atoms with Crippen molar-refractivity contribution >= 4 is 23.1 Å². The van der Waals surface area contributed by atoms with Gasteiger partial charge in [-0.25, -0.2) is 9.82 Å². The van der Waals surface area contributed by atoms with Crippen molar-refractivity contribution in [2.75, 3.05) is 29.9 Å². The van der Waals surface area contributed by atoms with Gasteiger partial charge in [-0.2, -0.15) is 5.10 Å². The van der Waals surface area contributed by atoms with Crippen molar-refractivity contribution in [2.45, 2.75) is 19.0 Å². The normalized spacial score (nSPS) is 20.9. The number of hydrogen-bond acceptors (Lipinski definition) is 6. The van der Waals surface area contributed by atoms with Gasteiger partial charge in [0.2, 0.25) is 0 Å². The number of hydrazone groups is 1. The van der Waals surface area contributed by atoms with Crippen LogP contribution in [-0.4, -0.2) is 43.5 Å². The zero-order chi connectivity index (χ0) is 19.3. The summed E-state index contributed by atoms with van der Waals surface area (Å²) in [6, 6.07) is 10.3. The maximum Gasteiger partial charge on any atom is 0.262 e. The Hall–Kier alpha value is -3.13. The van der Waals surface area contributed by atoms with Gasteiger partial charge in [0.15, 0.2) is 5.84 Å². The van der Waals surface area contributed by atoms with Crippen molar-refractivity contribution in [2.24, 2.45) is 5.10 Å². The number of halogens is 1. The van der Waals surface area contributed by atoms with Crippen molar-refractivity contribution in [3.8, 4) is 16.9 Å². The fourth-order valence-electron chi connectivity index (χ4n) is 3.70. The summed E-state index contributed by atoms with van der Waals surface area (Å²) in [6.07, 6.45) is 0. The maximum absolute atomic E-state index is 13.8. The number of ether oxygens (including phenoxy) is 1. The number of hydrogen-bond donors (Lipinski definition) is 3. The molecule has 28 heavy (non-hydrogen) atoms. The molecule has 0 radical (unpaired) electrons. The molecule has 0 saturated carbocycles. The minimum Gasteiger partial charge on any atom is -0.483 e. The Balaban J connectivity index is 1.64. The van der Waals surface area contributed by atoms with Crippen LogP contribution in [0, 0.1) is 5.82 Å². The number of rotatable bonds is 3. The van der Waals surface area contributed by atoms with E-state index in [9.17, 15) is 9.18 Å². The van der Waals surface area contributed by atoms with Crippen LogP contribution < -0.4 is 25.7 Å². The van der Waals surface area contributed by atoms with E-state index in [4.69, 9.17) is 4.74 Å². The van der Waals surface area contributed by atoms with Crippen LogP contribution in [0.4, 0.5) is 15.8 Å². The van der Waals surface area contributed by atoms with Crippen LogP contribution in [-0.2, 0) is 4.79 Å². The number of nitrogens with zero attached hydrogens (tertiary/aromatic N) is 2. The van der Waals surface area contributed by atoms with E-state index in [-0.39, 0.29) is 18.3 Å². The van der Waals surface area contributed by atoms with Gasteiger partial charge >= 0.3 is 0 Å². The van der Waals surface area contributed by atoms with Gasteiger partial charge in [-0.05, 0) is 36.8 Å². The highest BCUT2D eigenvalue weighted by atomic mass is 19.1. The molecule has 2 aromatic carbocycles. The smallest absolute Gasteiger partial charge is 0.262 e. The Morgan fingerprint density at radius 2 is 2.14 bits per heavy atom. The third kappa shape index (κ3) is 2.77. The highest BCUT2D eigenvalue weighted by Crippen LogP contribution is 2.43. The highest BCUT2D eigenvalue weighted by Gasteiger charge is 2.36. The first-order chi connectivity index (χ1) is 13.6. The largest absolute Gasteiger partial charge is 0.483 e. The molecular weight excluding hydrogens is 361 g/mol. The van der Waals surface area contributed by atoms with E-state index in [1.165, 1.54) is 12.1 Å². The van der Waals surface area contributed by atoms with Crippen molar-refractivity contribution in [1.82, 2.24) is 10.7 Å². The third-order valence-electron chi connectivity index (χ3n) is 5.33. The third-order valence-corrected chi connectivity index (χ3v) is 5.33. The summed E-state index contributed by atoms with van der Waals surface area (Å²) in [5, 5.41) is 10.9. The topological polar surface area (TPSA) is 78.0 Å². The molecule has 3 N–H and O–H groups in total. The first-order valence-electron chi connectivity index (χ1n) is 9.30. The molecule has 3 aliphatic heterocycles. The van der Waals surface area contributed by atoms with Crippen LogP contribution in [0.15, 0.2) is 41.5 Å². The van der Waals surface area contributed by atoms with Crippen LogP contribution >= 0.6 is 0 Å². The standard InChI is InChI=1S/C20H20FN5O2/c1-11-20(27)25-24-19-10-28-18-6-15(12-3-2-4-13(21)5-12)16(7-17(18)26(11)19)23-14-8-22-9-14/h2-7,11,14,22-23H,8-10H2,1H3,(H,25,27)/t11-/m0/s1. The number of amides is 1. The van der Waals surface area contributed by atoms with Gasteiger partial charge < -0.3 is 20.3 Å². The number of fused-ring (bicyclic) bond motifs is 3. The average molecular weight is 381 g/mol. The molecule has 1 amide bonds. The van der Waals surface area contributed by atoms with Crippen LogP contribution in [0.1, 0.15) is 6.92 Å². The molecule has 8 heteroatoms. The number of nitrogens with one attached hydrogen (secondary N) is 3. The van der Waals surface area contributed by atoms with Crippen molar-refractivity contribution in [3.05, 3.63) is 42.2 Å². The van der Waals surface area contributed by atoms with Crippen LogP contribution in [0.5, 0.6) is 5.75 Å². The molecule has 144 valence electrons. The Kier molecular flexibility index (Phi) is 3.94. The monoisotopic (exact) mass is 381 g/mol. The molecule has 1 fully saturated rings. The van der Waals surface area contributed by atoms with E-state index in [0.717, 1.165) is 35.6 Å². The number of anilines is 2. The first-order valence-corrected chi connectivity index (χ1v) is 9.30. The maximum atomic E-state index is 13.8. The molecule has 0 spiro atoms. The summed E-state index contributed by atoms with van der Waals surface area (Å²) < 4.78 is 19.8. The second-order valence-electron chi connectivity index (χ2n) is 7.21. The van der Waals surface area contributed by atoms with Crippen molar-refractivity contribution in [1.29, 1.82) is 0 Å². The highest BCUT2D eigenvalue weighted by molar-refractivity contribution is 6.10. The Labute approximate surface area is 161 Å². The zero-order valence-corrected chi connectivity index (χ0v) is 15.3. The summed E-state index contributed by atoms with van der Waals surface area (Å²) in [5.74, 6) is 0.859. The fourth-order valence-corrected chi connectivity index (χ4v) is 3.70. The van der Waals surface area contributed by atoms with E-state index in [1.807, 2.05) is 30.0 Å². The zero-order valence-electron chi connectivity index (χ0n) is 15.3. The van der Waals surface area contributed by atoms with Gasteiger partial charge in [-0.3, -0.25) is 4.79 Å². The van der Waals surface area contributed by atoms with Gasteiger partial charge in [0.25, 0.3) is 5.91 Å². The van der Waals surface area contributed by atoms with E-state index in [1.54, 1.807) is 6.07 Å². The van der Waals surface area contributed by atoms with Gasteiger partial charge in [0.1, 0.15) is 24.2 Å². The second kappa shape index (κ2) is 6.49. The summed E-state index contributed by atoms with van der Waals surface area (Å²) in [7, 11) is 0. The van der Waals surface area contributed by atoms with E-state index >= 15 is 0 Å². The van der Waals surface area contributed by atoms with Crippen LogP contribution in [0.3, 0.4) is 0 Å². The Bertz CT molecular complexity index is 989.